The van der Waals surface area contributed by atoms with Gasteiger partial charge in [0.25, 0.3) is 0 Å². The molecule has 35 heavy (non-hydrogen) atoms. The van der Waals surface area contributed by atoms with Crippen molar-refractivity contribution in [2.24, 2.45) is 5.92 Å². The van der Waals surface area contributed by atoms with Crippen LogP contribution in [0.3, 0.4) is 0 Å². The monoisotopic (exact) mass is 461 g/mol. The normalized spacial score (nSPS) is 24.3. The fourth-order valence-corrected chi connectivity index (χ4v) is 5.49. The summed E-state index contributed by atoms with van der Waals surface area (Å²) in [7, 11) is 1.64. The zero-order valence-corrected chi connectivity index (χ0v) is 19.9. The molecule has 0 spiro atoms. The molecule has 0 amide bonds. The van der Waals surface area contributed by atoms with Crippen LogP contribution in [-0.4, -0.2) is 18.6 Å². The second kappa shape index (κ2) is 8.04. The first-order valence-electron chi connectivity index (χ1n) is 11.3. The number of rotatable bonds is 3. The van der Waals surface area contributed by atoms with Crippen LogP contribution in [0.5, 0.6) is 5.75 Å². The number of nitrogens with zero attached hydrogens (tertiary/aromatic N) is 3. The van der Waals surface area contributed by atoms with Crippen LogP contribution in [-0.2, 0) is 9.53 Å². The number of ether oxygens (including phenoxy) is 2. The zero-order chi connectivity index (χ0) is 24.9. The maximum absolute atomic E-state index is 13.1. The Morgan fingerprint density at radius 1 is 1.20 bits per heavy atom. The maximum atomic E-state index is 13.1. The van der Waals surface area contributed by atoms with E-state index in [2.05, 4.69) is 34.9 Å². The van der Waals surface area contributed by atoms with E-state index in [-0.39, 0.29) is 17.4 Å². The quantitative estimate of drug-likeness (QED) is 0.329. The van der Waals surface area contributed by atoms with E-state index < -0.39 is 11.5 Å². The summed E-state index contributed by atoms with van der Waals surface area (Å²) in [5, 5.41) is 9.50. The molecule has 0 bridgehead atoms. The molecule has 0 aromatic heterocycles. The van der Waals surface area contributed by atoms with E-state index in [0.29, 0.717) is 11.1 Å². The highest BCUT2D eigenvalue weighted by Crippen LogP contribution is 2.57. The third-order valence-corrected chi connectivity index (χ3v) is 7.33. The van der Waals surface area contributed by atoms with E-state index in [0.717, 1.165) is 33.8 Å². The van der Waals surface area contributed by atoms with Crippen molar-refractivity contribution in [3.05, 3.63) is 111 Å². The van der Waals surface area contributed by atoms with E-state index in [1.807, 2.05) is 62.4 Å². The minimum Gasteiger partial charge on any atom is -0.497 e. The van der Waals surface area contributed by atoms with Gasteiger partial charge in [0.05, 0.1) is 30.9 Å². The van der Waals surface area contributed by atoms with Gasteiger partial charge < -0.3 is 14.4 Å². The lowest BCUT2D eigenvalue weighted by molar-refractivity contribution is -0.133. The van der Waals surface area contributed by atoms with Crippen LogP contribution in [0.2, 0.25) is 0 Å². The fraction of sp³-hybridized carbons (Fsp3) is 0.207. The van der Waals surface area contributed by atoms with Gasteiger partial charge in [-0.25, -0.2) is 14.9 Å². The van der Waals surface area contributed by atoms with E-state index in [1.165, 1.54) is 0 Å². The molecule has 1 aliphatic carbocycles. The Morgan fingerprint density at radius 2 is 1.89 bits per heavy atom. The van der Waals surface area contributed by atoms with Crippen molar-refractivity contribution >= 4 is 17.4 Å². The van der Waals surface area contributed by atoms with Crippen molar-refractivity contribution < 1.29 is 14.3 Å². The molecule has 0 N–H and O–H groups in total. The number of benzene rings is 2. The molecule has 2 heterocycles. The van der Waals surface area contributed by atoms with Gasteiger partial charge in [0.2, 0.25) is 0 Å². The van der Waals surface area contributed by atoms with Crippen molar-refractivity contribution in [3.8, 4) is 11.8 Å². The first-order chi connectivity index (χ1) is 16.9. The molecular weight excluding hydrogens is 438 g/mol. The number of esters is 1. The van der Waals surface area contributed by atoms with Crippen molar-refractivity contribution in [1.29, 1.82) is 5.26 Å². The number of carbonyl (C=O) groups excluding carboxylic acids is 1. The van der Waals surface area contributed by atoms with Gasteiger partial charge >= 0.3 is 11.7 Å². The molecule has 0 fully saturated rings. The van der Waals surface area contributed by atoms with Gasteiger partial charge in [0, 0.05) is 22.9 Å². The summed E-state index contributed by atoms with van der Waals surface area (Å²) in [6.07, 6.45) is 2.15. The van der Waals surface area contributed by atoms with Gasteiger partial charge in [0.1, 0.15) is 5.75 Å². The highest BCUT2D eigenvalue weighted by molar-refractivity contribution is 6.01. The molecule has 172 valence electrons. The van der Waals surface area contributed by atoms with Crippen LogP contribution < -0.4 is 9.64 Å². The fourth-order valence-electron chi connectivity index (χ4n) is 5.49. The minimum atomic E-state index is -0.609. The molecule has 0 radical (unpaired) electrons. The summed E-state index contributed by atoms with van der Waals surface area (Å²) in [5.41, 5.74) is 5.12. The summed E-state index contributed by atoms with van der Waals surface area (Å²) < 4.78 is 10.9. The second-order valence-corrected chi connectivity index (χ2v) is 8.92. The number of anilines is 1. The van der Waals surface area contributed by atoms with Gasteiger partial charge in [-0.1, -0.05) is 37.3 Å². The first kappa shape index (κ1) is 22.3. The Kier molecular flexibility index (Phi) is 5.11. The average molecular weight is 462 g/mol. The molecule has 3 aliphatic rings. The van der Waals surface area contributed by atoms with Gasteiger partial charge in [-0.3, -0.25) is 0 Å². The number of methoxy groups -OCH3 is 1. The molecular formula is C29H23N3O3. The number of fused-ring (bicyclic) bond motifs is 1. The molecule has 6 heteroatoms. The zero-order valence-electron chi connectivity index (χ0n) is 19.9. The predicted octanol–water partition coefficient (Wildman–Crippen LogP) is 5.79. The van der Waals surface area contributed by atoms with Crippen molar-refractivity contribution in [2.75, 3.05) is 12.0 Å². The van der Waals surface area contributed by atoms with Crippen LogP contribution >= 0.6 is 0 Å². The first-order valence-corrected chi connectivity index (χ1v) is 11.3. The lowest BCUT2D eigenvalue weighted by atomic mass is 9.68. The maximum Gasteiger partial charge on any atom is 0.339 e. The molecule has 2 aromatic rings. The topological polar surface area (TPSA) is 66.9 Å². The standard InChI is InChI=1S/C29H23N3O3/c1-17-22-15-24(19-9-7-6-8-10-19)32(20-11-13-21(34-5)14-12-20)29(22,3)18(2)26-25(17)27(35-28(26)33)23(16-30)31-4/h6-15,18H,1-3,5H3/b27-23+. The highest BCUT2D eigenvalue weighted by atomic mass is 16.5. The summed E-state index contributed by atoms with van der Waals surface area (Å²) in [6, 6.07) is 19.9. The number of hydrogen-bond donors (Lipinski definition) is 0. The predicted molar refractivity (Wildman–Crippen MR) is 133 cm³/mol. The van der Waals surface area contributed by atoms with Gasteiger partial charge in [-0.2, -0.15) is 0 Å². The van der Waals surface area contributed by atoms with Crippen LogP contribution in [0.15, 0.2) is 94.4 Å². The highest BCUT2D eigenvalue weighted by Gasteiger charge is 2.55. The van der Waals surface area contributed by atoms with Crippen molar-refractivity contribution in [1.82, 2.24) is 0 Å². The smallest absolute Gasteiger partial charge is 0.339 e. The molecule has 2 aliphatic heterocycles. The van der Waals surface area contributed by atoms with E-state index in [9.17, 15) is 10.1 Å². The van der Waals surface area contributed by atoms with Crippen LogP contribution in [0, 0.1) is 23.8 Å². The van der Waals surface area contributed by atoms with E-state index in [1.54, 1.807) is 7.11 Å². The Bertz CT molecular complexity index is 1450. The third kappa shape index (κ3) is 3.04. The number of carbonyl (C=O) groups is 1. The van der Waals surface area contributed by atoms with Crippen LogP contribution in [0.4, 0.5) is 5.69 Å². The lowest BCUT2D eigenvalue weighted by Crippen LogP contribution is -2.51. The molecule has 6 nitrogen and oxygen atoms in total. The van der Waals surface area contributed by atoms with Gasteiger partial charge in [0.15, 0.2) is 5.76 Å². The van der Waals surface area contributed by atoms with Gasteiger partial charge in [-0.05, 0) is 60.9 Å². The van der Waals surface area contributed by atoms with Crippen molar-refractivity contribution in [2.45, 2.75) is 26.3 Å². The molecule has 2 aromatic carbocycles. The third-order valence-electron chi connectivity index (χ3n) is 7.33. The number of allylic oxidation sites excluding steroid dienone is 2. The molecule has 2 atom stereocenters. The summed E-state index contributed by atoms with van der Waals surface area (Å²) in [5.74, 6) is 0.0427. The minimum absolute atomic E-state index is 0.0685. The Hall–Kier alpha value is -4.55. The van der Waals surface area contributed by atoms with Gasteiger partial charge in [-0.15, -0.1) is 0 Å². The SMILES string of the molecule is [C-]#[N+]/C(C#N)=C1/OC(=O)C2=C1C(C)=C1C=C(c3ccccc3)N(c3ccc(OC)cc3)C1(C)C2C. The lowest BCUT2D eigenvalue weighted by Gasteiger charge is -2.46. The molecule has 0 saturated carbocycles. The average Bonchev–Trinajstić information content (AvgIpc) is 3.40. The molecule has 2 unspecified atom stereocenters. The Balaban J connectivity index is 1.79. The summed E-state index contributed by atoms with van der Waals surface area (Å²) in [6.45, 7) is 13.5. The van der Waals surface area contributed by atoms with Crippen LogP contribution in [0.1, 0.15) is 26.3 Å². The van der Waals surface area contributed by atoms with E-state index >= 15 is 0 Å². The largest absolute Gasteiger partial charge is 0.497 e. The Morgan fingerprint density at radius 3 is 2.49 bits per heavy atom. The van der Waals surface area contributed by atoms with E-state index in [4.69, 9.17) is 16.0 Å². The summed E-state index contributed by atoms with van der Waals surface area (Å²) in [4.78, 5) is 18.7. The number of hydrogen-bond acceptors (Lipinski definition) is 5. The number of nitriles is 1. The number of cyclic esters (lactones) is 1. The second-order valence-electron chi connectivity index (χ2n) is 8.92. The molecule has 0 saturated heterocycles. The van der Waals surface area contributed by atoms with Crippen molar-refractivity contribution in [3.63, 3.8) is 0 Å². The summed E-state index contributed by atoms with van der Waals surface area (Å²) >= 11 is 0. The molecule has 5 rings (SSSR count). The Labute approximate surface area is 204 Å². The van der Waals surface area contributed by atoms with Crippen LogP contribution in [0.25, 0.3) is 10.5 Å².